The highest BCUT2D eigenvalue weighted by Crippen LogP contribution is 2.59. The van der Waals surface area contributed by atoms with E-state index in [0.29, 0.717) is 5.69 Å². The summed E-state index contributed by atoms with van der Waals surface area (Å²) in [6.45, 7) is 2.39. The molecule has 5 rings (SSSR count). The standard InChI is InChI=1S/C30H36N8O9S/c1-12-23(13(2)47-36-12)48(45,46)35-9-14-7-16(37(3)4)15-8-28(33)10-30(34)24(38(5)6)22(41)18(27(32)44)25(42)29(30,11-31)26(43)19(28)21(40)17(15)20(14)39/h7,24,35,39-40,42H,8-10,33-34H2,1-6H3,(H2,32,44)/t24-,28-,29+,30-/m1/s1. The second-order valence-electron chi connectivity index (χ2n) is 12.9. The SMILES string of the molecule is Cc1noc(C)c1S(=O)(=O)NCc1cc(N(C)C)c2c(c1O)C(O)=C1C(=O)[C@]3(C#N)C(O)=C(C(N)=O)C(=O)[C@@H](N(C)C)[C@]3(N)C[C@]1(N)C2. The molecule has 48 heavy (non-hydrogen) atoms. The number of primary amides is 1. The van der Waals surface area contributed by atoms with Crippen molar-refractivity contribution in [3.8, 4) is 11.8 Å². The summed E-state index contributed by atoms with van der Waals surface area (Å²) in [5.74, 6) is -6.39. The number of anilines is 1. The molecule has 1 aromatic heterocycles. The van der Waals surface area contributed by atoms with Gasteiger partial charge in [-0.25, -0.2) is 13.1 Å². The minimum atomic E-state index is -4.20. The number of carbonyl (C=O) groups excluding carboxylic acids is 3. The number of hydrogen-bond acceptors (Lipinski definition) is 15. The lowest BCUT2D eigenvalue weighted by molar-refractivity contribution is -0.139. The third kappa shape index (κ3) is 4.39. The molecule has 2 aromatic rings. The largest absolute Gasteiger partial charge is 0.509 e. The van der Waals surface area contributed by atoms with E-state index in [4.69, 9.17) is 21.7 Å². The zero-order valence-electron chi connectivity index (χ0n) is 27.0. The molecule has 17 nitrogen and oxygen atoms in total. The minimum absolute atomic E-state index is 0.00873. The Labute approximate surface area is 275 Å². The molecule has 1 aromatic carbocycles. The Bertz CT molecular complexity index is 2020. The fourth-order valence-electron chi connectivity index (χ4n) is 7.57. The van der Waals surface area contributed by atoms with Crippen molar-refractivity contribution in [2.24, 2.45) is 22.6 Å². The van der Waals surface area contributed by atoms with Crippen molar-refractivity contribution >= 4 is 38.9 Å². The molecule has 1 heterocycles. The maximum Gasteiger partial charge on any atom is 0.255 e. The molecule has 1 fully saturated rings. The van der Waals surface area contributed by atoms with Gasteiger partial charge in [-0.05, 0) is 52.4 Å². The summed E-state index contributed by atoms with van der Waals surface area (Å²) in [6.07, 6.45) is -0.795. The number of aromatic nitrogens is 1. The zero-order valence-corrected chi connectivity index (χ0v) is 27.8. The number of likely N-dealkylation sites (N-methyl/N-ethyl adjacent to an activating group) is 1. The van der Waals surface area contributed by atoms with Gasteiger partial charge in [0.25, 0.3) is 5.91 Å². The molecule has 10 N–H and O–H groups in total. The van der Waals surface area contributed by atoms with Crippen LogP contribution in [-0.2, 0) is 37.4 Å². The first-order valence-corrected chi connectivity index (χ1v) is 16.0. The zero-order chi connectivity index (χ0) is 36.0. The Morgan fingerprint density at radius 1 is 1.19 bits per heavy atom. The number of nitrogens with one attached hydrogen (secondary N) is 1. The third-order valence-corrected chi connectivity index (χ3v) is 11.1. The van der Waals surface area contributed by atoms with E-state index >= 15 is 0 Å². The van der Waals surface area contributed by atoms with E-state index in [2.05, 4.69) is 9.88 Å². The number of aliphatic hydroxyl groups excluding tert-OH is 2. The first-order valence-electron chi connectivity index (χ1n) is 14.5. The quantitative estimate of drug-likeness (QED) is 0.173. The number of aryl methyl sites for hydroxylation is 2. The van der Waals surface area contributed by atoms with Crippen molar-refractivity contribution in [2.75, 3.05) is 33.1 Å². The van der Waals surface area contributed by atoms with Gasteiger partial charge in [0, 0.05) is 31.9 Å². The summed E-state index contributed by atoms with van der Waals surface area (Å²) >= 11 is 0. The lowest BCUT2D eigenvalue weighted by Crippen LogP contribution is -2.80. The number of ketones is 2. The van der Waals surface area contributed by atoms with Crippen LogP contribution in [0.4, 0.5) is 5.69 Å². The molecule has 0 saturated heterocycles. The normalized spacial score (nSPS) is 27.0. The maximum atomic E-state index is 14.6. The van der Waals surface area contributed by atoms with Crippen molar-refractivity contribution in [3.05, 3.63) is 51.1 Å². The van der Waals surface area contributed by atoms with Crippen molar-refractivity contribution in [1.82, 2.24) is 14.8 Å². The molecule has 0 bridgehead atoms. The monoisotopic (exact) mass is 684 g/mol. The number of nitrogens with two attached hydrogens (primary N) is 3. The number of hydrogen-bond donors (Lipinski definition) is 7. The van der Waals surface area contributed by atoms with Crippen LogP contribution in [-0.4, -0.2) is 96.6 Å². The number of fused-ring (bicyclic) bond motifs is 3. The Hall–Kier alpha value is -4.80. The summed E-state index contributed by atoms with van der Waals surface area (Å²) in [5, 5.41) is 49.0. The number of aliphatic hydroxyl groups is 2. The van der Waals surface area contributed by atoms with Gasteiger partial charge < -0.3 is 41.9 Å². The highest BCUT2D eigenvalue weighted by Gasteiger charge is 2.74. The van der Waals surface area contributed by atoms with Gasteiger partial charge in [0.05, 0.1) is 34.3 Å². The van der Waals surface area contributed by atoms with Gasteiger partial charge in [0.15, 0.2) is 22.7 Å². The summed E-state index contributed by atoms with van der Waals surface area (Å²) in [6, 6.07) is 1.67. The molecule has 0 radical (unpaired) electrons. The number of phenolic OH excluding ortho intramolecular Hbond substituents is 1. The number of rotatable bonds is 7. The van der Waals surface area contributed by atoms with Crippen LogP contribution < -0.4 is 26.8 Å². The summed E-state index contributed by atoms with van der Waals surface area (Å²) in [7, 11) is 1.96. The predicted molar refractivity (Wildman–Crippen MR) is 169 cm³/mol. The van der Waals surface area contributed by atoms with Crippen LogP contribution in [0, 0.1) is 30.6 Å². The fraction of sp³-hybridized carbons (Fsp3) is 0.433. The number of aromatic hydroxyl groups is 1. The molecule has 4 atom stereocenters. The van der Waals surface area contributed by atoms with E-state index in [9.17, 15) is 43.4 Å². The molecular formula is C30H36N8O9S. The molecule has 3 aliphatic carbocycles. The average molecular weight is 685 g/mol. The van der Waals surface area contributed by atoms with Crippen LogP contribution in [0.15, 0.2) is 32.4 Å². The fourth-order valence-corrected chi connectivity index (χ4v) is 8.90. The first-order chi connectivity index (χ1) is 22.1. The maximum absolute atomic E-state index is 14.6. The molecule has 1 amide bonds. The number of nitrogens with zero attached hydrogens (tertiary/aromatic N) is 4. The first kappa shape index (κ1) is 34.5. The molecule has 0 unspecified atom stereocenters. The second-order valence-corrected chi connectivity index (χ2v) is 14.6. The minimum Gasteiger partial charge on any atom is -0.509 e. The number of phenols is 1. The van der Waals surface area contributed by atoms with Gasteiger partial charge >= 0.3 is 0 Å². The van der Waals surface area contributed by atoms with Gasteiger partial charge in [0.2, 0.25) is 10.0 Å². The van der Waals surface area contributed by atoms with E-state index in [1.807, 2.05) is 0 Å². The van der Waals surface area contributed by atoms with Gasteiger partial charge in [-0.2, -0.15) is 5.26 Å². The van der Waals surface area contributed by atoms with Gasteiger partial charge in [0.1, 0.15) is 33.4 Å². The molecule has 3 aliphatic rings. The van der Waals surface area contributed by atoms with Crippen LogP contribution >= 0.6 is 0 Å². The number of Topliss-reactive ketones (excluding diaryl/α,β-unsaturated/α-hetero) is 2. The second kappa shape index (κ2) is 10.9. The molecule has 1 saturated carbocycles. The van der Waals surface area contributed by atoms with Crippen molar-refractivity contribution in [2.45, 2.75) is 55.2 Å². The van der Waals surface area contributed by atoms with Crippen LogP contribution in [0.2, 0.25) is 0 Å². The Morgan fingerprint density at radius 3 is 2.31 bits per heavy atom. The molecule has 0 aliphatic heterocycles. The van der Waals surface area contributed by atoms with E-state index in [-0.39, 0.29) is 39.5 Å². The smallest absolute Gasteiger partial charge is 0.255 e. The summed E-state index contributed by atoms with van der Waals surface area (Å²) < 4.78 is 33.6. The van der Waals surface area contributed by atoms with Gasteiger partial charge in [-0.15, -0.1) is 0 Å². The lowest BCUT2D eigenvalue weighted by atomic mass is 9.47. The number of sulfonamides is 1. The van der Waals surface area contributed by atoms with Crippen molar-refractivity contribution < 1.29 is 42.6 Å². The topological polar surface area (TPSA) is 292 Å². The van der Waals surface area contributed by atoms with Gasteiger partial charge in [-0.1, -0.05) is 5.16 Å². The molecule has 256 valence electrons. The summed E-state index contributed by atoms with van der Waals surface area (Å²) in [4.78, 5) is 43.3. The van der Waals surface area contributed by atoms with E-state index in [1.165, 1.54) is 38.9 Å². The molecular weight excluding hydrogens is 648 g/mol. The van der Waals surface area contributed by atoms with Gasteiger partial charge in [-0.3, -0.25) is 19.3 Å². The van der Waals surface area contributed by atoms with E-state index in [0.717, 1.165) is 0 Å². The molecule has 18 heteroatoms. The number of carbonyl (C=O) groups is 3. The lowest BCUT2D eigenvalue weighted by Gasteiger charge is -2.58. The Kier molecular flexibility index (Phi) is 7.82. The van der Waals surface area contributed by atoms with Crippen LogP contribution in [0.25, 0.3) is 5.76 Å². The Morgan fingerprint density at radius 2 is 1.81 bits per heavy atom. The number of amides is 1. The van der Waals surface area contributed by atoms with Crippen LogP contribution in [0.1, 0.15) is 34.6 Å². The highest BCUT2D eigenvalue weighted by atomic mass is 32.2. The van der Waals surface area contributed by atoms with Crippen LogP contribution in [0.5, 0.6) is 5.75 Å². The molecule has 0 spiro atoms. The summed E-state index contributed by atoms with van der Waals surface area (Å²) in [5.41, 5.74) is 11.2. The highest BCUT2D eigenvalue weighted by molar-refractivity contribution is 7.89. The third-order valence-electron chi connectivity index (χ3n) is 9.48. The Balaban J connectivity index is 1.75. The predicted octanol–water partition coefficient (Wildman–Crippen LogP) is -0.945. The average Bonchev–Trinajstić information content (AvgIpc) is 3.29. The van der Waals surface area contributed by atoms with Crippen LogP contribution in [0.3, 0.4) is 0 Å². The van der Waals surface area contributed by atoms with Crippen molar-refractivity contribution in [1.29, 1.82) is 5.26 Å². The van der Waals surface area contributed by atoms with E-state index < -0.39 is 91.4 Å². The van der Waals surface area contributed by atoms with E-state index in [1.54, 1.807) is 25.1 Å². The van der Waals surface area contributed by atoms with Crippen molar-refractivity contribution in [3.63, 3.8) is 0 Å². The number of nitriles is 1. The number of benzene rings is 1.